The van der Waals surface area contributed by atoms with Crippen LogP contribution < -0.4 is 10.6 Å². The number of nitrogens with zero attached hydrogens (tertiary/aromatic N) is 2. The van der Waals surface area contributed by atoms with Crippen LogP contribution in [0.2, 0.25) is 0 Å². The molecule has 1 aromatic carbocycles. The molecule has 2 aromatic rings. The number of aromatic nitrogens is 2. The molecule has 0 aliphatic heterocycles. The summed E-state index contributed by atoms with van der Waals surface area (Å²) < 4.78 is 38.1. The van der Waals surface area contributed by atoms with Crippen molar-refractivity contribution in [3.63, 3.8) is 0 Å². The highest BCUT2D eigenvalue weighted by molar-refractivity contribution is 5.94. The summed E-state index contributed by atoms with van der Waals surface area (Å²) in [7, 11) is 0. The van der Waals surface area contributed by atoms with Crippen molar-refractivity contribution in [2.24, 2.45) is 5.92 Å². The Morgan fingerprint density at radius 3 is 2.48 bits per heavy atom. The molecule has 2 N–H and O–H groups in total. The summed E-state index contributed by atoms with van der Waals surface area (Å²) in [5.74, 6) is 0.0584. The number of rotatable bonds is 5. The van der Waals surface area contributed by atoms with Gasteiger partial charge in [-0.3, -0.25) is 4.79 Å². The second kappa shape index (κ2) is 6.70. The Bertz CT molecular complexity index is 757. The average Bonchev–Trinajstić information content (AvgIpc) is 3.40. The zero-order valence-corrected chi connectivity index (χ0v) is 13.5. The fourth-order valence-corrected chi connectivity index (χ4v) is 2.31. The molecule has 0 radical (unpaired) electrons. The Kier molecular flexibility index (Phi) is 4.61. The zero-order chi connectivity index (χ0) is 18.0. The highest BCUT2D eigenvalue weighted by atomic mass is 19.4. The smallest absolute Gasteiger partial charge is 0.348 e. The molecule has 0 unspecified atom stereocenters. The van der Waals surface area contributed by atoms with Gasteiger partial charge in [0.15, 0.2) is 0 Å². The minimum Gasteiger partial charge on any atom is -0.348 e. The van der Waals surface area contributed by atoms with Gasteiger partial charge >= 0.3 is 6.18 Å². The van der Waals surface area contributed by atoms with Crippen LogP contribution in [-0.2, 0) is 11.0 Å². The first-order valence-corrected chi connectivity index (χ1v) is 7.90. The molecule has 1 atom stereocenters. The first kappa shape index (κ1) is 17.2. The first-order valence-electron chi connectivity index (χ1n) is 7.90. The molecule has 1 amide bonds. The van der Waals surface area contributed by atoms with E-state index in [1.807, 2.05) is 0 Å². The molecule has 1 heterocycles. The van der Waals surface area contributed by atoms with Crippen molar-refractivity contribution in [2.75, 3.05) is 10.6 Å². The van der Waals surface area contributed by atoms with Crippen LogP contribution in [0.5, 0.6) is 0 Å². The van der Waals surface area contributed by atoms with E-state index in [4.69, 9.17) is 0 Å². The maximum absolute atomic E-state index is 12.7. The highest BCUT2D eigenvalue weighted by Gasteiger charge is 2.33. The van der Waals surface area contributed by atoms with E-state index in [0.29, 0.717) is 5.69 Å². The third-order valence-corrected chi connectivity index (χ3v) is 3.92. The van der Waals surface area contributed by atoms with Gasteiger partial charge in [0.1, 0.15) is 5.69 Å². The van der Waals surface area contributed by atoms with Crippen LogP contribution in [0.15, 0.2) is 36.5 Å². The topological polar surface area (TPSA) is 66.9 Å². The van der Waals surface area contributed by atoms with Gasteiger partial charge in [0.25, 0.3) is 0 Å². The number of anilines is 2. The van der Waals surface area contributed by atoms with E-state index in [-0.39, 0.29) is 23.8 Å². The van der Waals surface area contributed by atoms with Gasteiger partial charge in [-0.2, -0.15) is 13.2 Å². The van der Waals surface area contributed by atoms with E-state index < -0.39 is 11.9 Å². The fourth-order valence-electron chi connectivity index (χ4n) is 2.31. The zero-order valence-electron chi connectivity index (χ0n) is 13.5. The van der Waals surface area contributed by atoms with Crippen LogP contribution >= 0.6 is 0 Å². The minimum absolute atomic E-state index is 0.0243. The molecule has 132 valence electrons. The van der Waals surface area contributed by atoms with Crippen molar-refractivity contribution in [3.8, 4) is 0 Å². The van der Waals surface area contributed by atoms with E-state index in [1.165, 1.54) is 0 Å². The van der Waals surface area contributed by atoms with E-state index in [0.717, 1.165) is 30.7 Å². The largest absolute Gasteiger partial charge is 0.433 e. The maximum atomic E-state index is 12.7. The van der Waals surface area contributed by atoms with Crippen molar-refractivity contribution >= 4 is 17.5 Å². The molecule has 3 rings (SSSR count). The van der Waals surface area contributed by atoms with Crippen molar-refractivity contribution in [1.82, 2.24) is 9.97 Å². The molecule has 1 aliphatic carbocycles. The average molecular weight is 350 g/mol. The van der Waals surface area contributed by atoms with Crippen LogP contribution in [-0.4, -0.2) is 15.9 Å². The van der Waals surface area contributed by atoms with E-state index in [2.05, 4.69) is 20.6 Å². The summed E-state index contributed by atoms with van der Waals surface area (Å²) in [5, 5.41) is 5.68. The number of carbonyl (C=O) groups excluding carboxylic acids is 1. The number of carbonyl (C=O) groups is 1. The molecule has 1 aliphatic rings. The fraction of sp³-hybridized carbons (Fsp3) is 0.353. The Hall–Kier alpha value is -2.64. The van der Waals surface area contributed by atoms with Gasteiger partial charge < -0.3 is 10.6 Å². The lowest BCUT2D eigenvalue weighted by atomic mass is 10.1. The van der Waals surface area contributed by atoms with Crippen molar-refractivity contribution < 1.29 is 18.0 Å². The molecule has 25 heavy (non-hydrogen) atoms. The van der Waals surface area contributed by atoms with Gasteiger partial charge in [-0.15, -0.1) is 0 Å². The predicted molar refractivity (Wildman–Crippen MR) is 86.9 cm³/mol. The van der Waals surface area contributed by atoms with E-state index in [9.17, 15) is 18.0 Å². The van der Waals surface area contributed by atoms with Crippen LogP contribution in [0.25, 0.3) is 0 Å². The molecule has 8 heteroatoms. The van der Waals surface area contributed by atoms with Gasteiger partial charge in [-0.1, -0.05) is 12.1 Å². The predicted octanol–water partition coefficient (Wildman–Crippen LogP) is 4.02. The van der Waals surface area contributed by atoms with Crippen molar-refractivity contribution in [3.05, 3.63) is 47.8 Å². The van der Waals surface area contributed by atoms with Gasteiger partial charge in [0.05, 0.1) is 6.04 Å². The van der Waals surface area contributed by atoms with Crippen molar-refractivity contribution in [1.29, 1.82) is 0 Å². The monoisotopic (exact) mass is 350 g/mol. The lowest BCUT2D eigenvalue weighted by Gasteiger charge is -2.16. The number of benzene rings is 1. The van der Waals surface area contributed by atoms with Crippen LogP contribution in [0.4, 0.5) is 24.8 Å². The normalized spacial score (nSPS) is 15.5. The van der Waals surface area contributed by atoms with E-state index in [1.54, 1.807) is 31.2 Å². The SMILES string of the molecule is C[C@@H](Nc1nccc(C(F)(F)F)n1)c1ccc(NC(=O)C2CC2)cc1. The first-order chi connectivity index (χ1) is 11.8. The Morgan fingerprint density at radius 2 is 1.88 bits per heavy atom. The molecule has 5 nitrogen and oxygen atoms in total. The number of alkyl halides is 3. The molecule has 0 bridgehead atoms. The summed E-state index contributed by atoms with van der Waals surface area (Å²) >= 11 is 0. The van der Waals surface area contributed by atoms with Crippen LogP contribution in [0, 0.1) is 5.92 Å². The van der Waals surface area contributed by atoms with Gasteiger partial charge in [-0.25, -0.2) is 9.97 Å². The highest BCUT2D eigenvalue weighted by Crippen LogP contribution is 2.30. The van der Waals surface area contributed by atoms with Crippen molar-refractivity contribution in [2.45, 2.75) is 32.0 Å². The number of nitrogens with one attached hydrogen (secondary N) is 2. The van der Waals surface area contributed by atoms with Gasteiger partial charge in [0, 0.05) is 17.8 Å². The summed E-state index contributed by atoms with van der Waals surface area (Å²) in [6.07, 6.45) is -1.57. The second-order valence-corrected chi connectivity index (χ2v) is 6.01. The van der Waals surface area contributed by atoms with Gasteiger partial charge in [0.2, 0.25) is 11.9 Å². The quantitative estimate of drug-likeness (QED) is 0.855. The third kappa shape index (κ3) is 4.46. The minimum atomic E-state index is -4.51. The summed E-state index contributed by atoms with van der Waals surface area (Å²) in [5.41, 5.74) is 0.545. The number of halogens is 3. The van der Waals surface area contributed by atoms with Crippen LogP contribution in [0.3, 0.4) is 0 Å². The lowest BCUT2D eigenvalue weighted by molar-refractivity contribution is -0.141. The Balaban J connectivity index is 1.64. The maximum Gasteiger partial charge on any atom is 0.433 e. The Labute approximate surface area is 142 Å². The van der Waals surface area contributed by atoms with Gasteiger partial charge in [-0.05, 0) is 43.5 Å². The molecule has 1 fully saturated rings. The summed E-state index contributed by atoms with van der Waals surface area (Å²) in [6, 6.07) is 7.66. The molecule has 0 spiro atoms. The molecule has 0 saturated heterocycles. The molecular weight excluding hydrogens is 333 g/mol. The number of amides is 1. The standard InChI is InChI=1S/C17H17F3N4O/c1-10(22-16-21-9-8-14(24-16)17(18,19)20)11-4-6-13(7-5-11)23-15(25)12-2-3-12/h4-10,12H,2-3H2,1H3,(H,23,25)(H,21,22,24)/t10-/m1/s1. The summed E-state index contributed by atoms with van der Waals surface area (Å²) in [6.45, 7) is 1.79. The molecule has 1 aromatic heterocycles. The molecule has 1 saturated carbocycles. The molecular formula is C17H17F3N4O. The van der Waals surface area contributed by atoms with Crippen LogP contribution in [0.1, 0.15) is 37.1 Å². The second-order valence-electron chi connectivity index (χ2n) is 6.01. The third-order valence-electron chi connectivity index (χ3n) is 3.92. The Morgan fingerprint density at radius 1 is 1.20 bits per heavy atom. The lowest BCUT2D eigenvalue weighted by Crippen LogP contribution is -2.14. The number of hydrogen-bond acceptors (Lipinski definition) is 4. The van der Waals surface area contributed by atoms with E-state index >= 15 is 0 Å². The number of hydrogen-bond donors (Lipinski definition) is 2. The summed E-state index contributed by atoms with van der Waals surface area (Å²) in [4.78, 5) is 19.0.